The minimum Gasteiger partial charge on any atom is -0.480 e. The lowest BCUT2D eigenvalue weighted by atomic mass is 10.3. The van der Waals surface area contributed by atoms with E-state index >= 15 is 0 Å². The molecule has 0 aromatic heterocycles. The number of ether oxygens (including phenoxy) is 1. The number of amides is 2. The van der Waals surface area contributed by atoms with Gasteiger partial charge in [0.25, 0.3) is 0 Å². The number of hydrogen-bond acceptors (Lipinski definition) is 3. The molecule has 0 fully saturated rings. The van der Waals surface area contributed by atoms with E-state index < -0.39 is 18.0 Å². The van der Waals surface area contributed by atoms with Crippen LogP contribution in [0.1, 0.15) is 6.92 Å². The van der Waals surface area contributed by atoms with Gasteiger partial charge in [-0.3, -0.25) is 4.79 Å². The van der Waals surface area contributed by atoms with Crippen molar-refractivity contribution in [3.8, 4) is 0 Å². The molecule has 0 heterocycles. The molecule has 2 amide bonds. The number of urea groups is 1. The summed E-state index contributed by atoms with van der Waals surface area (Å²) in [5, 5.41) is 12.8. The van der Waals surface area contributed by atoms with E-state index in [0.717, 1.165) is 0 Å². The number of carbonyl (C=O) groups is 2. The zero-order valence-electron chi connectivity index (χ0n) is 6.96. The van der Waals surface area contributed by atoms with Crippen LogP contribution in [0.3, 0.4) is 0 Å². The molecule has 6 heteroatoms. The highest BCUT2D eigenvalue weighted by Crippen LogP contribution is 1.79. The molecule has 70 valence electrons. The predicted octanol–water partition coefficient (Wildman–Crippen LogP) is -0.637. The second-order valence-corrected chi connectivity index (χ2v) is 2.14. The third kappa shape index (κ3) is 4.51. The summed E-state index contributed by atoms with van der Waals surface area (Å²) in [5.41, 5.74) is 0. The quantitative estimate of drug-likeness (QED) is 0.497. The van der Waals surface area contributed by atoms with Crippen LogP contribution in [0.4, 0.5) is 4.79 Å². The number of methoxy groups -OCH3 is 1. The van der Waals surface area contributed by atoms with Crippen LogP contribution >= 0.6 is 0 Å². The Morgan fingerprint density at radius 3 is 2.58 bits per heavy atom. The number of aliphatic carboxylic acids is 1. The largest absolute Gasteiger partial charge is 0.480 e. The molecule has 0 saturated heterocycles. The van der Waals surface area contributed by atoms with Crippen molar-refractivity contribution in [2.75, 3.05) is 13.8 Å². The molecule has 0 aliphatic carbocycles. The molecule has 3 N–H and O–H groups in total. The molecule has 0 rings (SSSR count). The first-order valence-electron chi connectivity index (χ1n) is 3.34. The zero-order chi connectivity index (χ0) is 9.56. The highest BCUT2D eigenvalue weighted by atomic mass is 16.5. The fourth-order valence-corrected chi connectivity index (χ4v) is 0.447. The predicted molar refractivity (Wildman–Crippen MR) is 40.6 cm³/mol. The van der Waals surface area contributed by atoms with Gasteiger partial charge in [-0.15, -0.1) is 0 Å². The first-order valence-corrected chi connectivity index (χ1v) is 3.34. The smallest absolute Gasteiger partial charge is 0.325 e. The Balaban J connectivity index is 3.61. The summed E-state index contributed by atoms with van der Waals surface area (Å²) in [4.78, 5) is 21.0. The van der Waals surface area contributed by atoms with Gasteiger partial charge in [-0.25, -0.2) is 4.79 Å². The summed E-state index contributed by atoms with van der Waals surface area (Å²) in [5.74, 6) is -1.08. The Bertz CT molecular complexity index is 171. The number of carboxylic acids is 1. The lowest BCUT2D eigenvalue weighted by molar-refractivity contribution is -0.138. The van der Waals surface area contributed by atoms with Gasteiger partial charge in [-0.1, -0.05) is 0 Å². The highest BCUT2D eigenvalue weighted by Gasteiger charge is 2.12. The second kappa shape index (κ2) is 5.36. The number of nitrogens with one attached hydrogen (secondary N) is 2. The van der Waals surface area contributed by atoms with Gasteiger partial charge >= 0.3 is 12.0 Å². The van der Waals surface area contributed by atoms with E-state index in [1.165, 1.54) is 14.0 Å². The van der Waals surface area contributed by atoms with Gasteiger partial charge in [-0.05, 0) is 6.92 Å². The van der Waals surface area contributed by atoms with Crippen molar-refractivity contribution in [3.05, 3.63) is 0 Å². The zero-order valence-corrected chi connectivity index (χ0v) is 6.96. The fraction of sp³-hybridized carbons (Fsp3) is 0.667. The Labute approximate surface area is 69.9 Å². The molecule has 0 aromatic rings. The summed E-state index contributed by atoms with van der Waals surface area (Å²) in [6.07, 6.45) is 0. The van der Waals surface area contributed by atoms with Crippen molar-refractivity contribution in [3.63, 3.8) is 0 Å². The molecule has 12 heavy (non-hydrogen) atoms. The van der Waals surface area contributed by atoms with Crippen molar-refractivity contribution in [1.29, 1.82) is 0 Å². The average Bonchev–Trinajstić information content (AvgIpc) is 2.00. The van der Waals surface area contributed by atoms with Crippen LogP contribution in [0.25, 0.3) is 0 Å². The number of carboxylic acid groups (broad SMARTS) is 1. The highest BCUT2D eigenvalue weighted by molar-refractivity contribution is 5.81. The maximum atomic E-state index is 10.8. The molecule has 0 aromatic carbocycles. The minimum atomic E-state index is -1.08. The van der Waals surface area contributed by atoms with Crippen LogP contribution in [0, 0.1) is 0 Å². The van der Waals surface area contributed by atoms with Crippen LogP contribution in [-0.4, -0.2) is 37.0 Å². The molecule has 0 bridgehead atoms. The Morgan fingerprint density at radius 2 is 2.17 bits per heavy atom. The number of carbonyl (C=O) groups excluding carboxylic acids is 1. The van der Waals surface area contributed by atoms with E-state index in [9.17, 15) is 9.59 Å². The third-order valence-corrected chi connectivity index (χ3v) is 1.10. The van der Waals surface area contributed by atoms with Gasteiger partial charge in [0.2, 0.25) is 0 Å². The maximum Gasteiger partial charge on any atom is 0.325 e. The summed E-state index contributed by atoms with van der Waals surface area (Å²) in [7, 11) is 1.42. The number of hydrogen-bond donors (Lipinski definition) is 3. The van der Waals surface area contributed by atoms with Crippen molar-refractivity contribution in [2.45, 2.75) is 13.0 Å². The molecule has 6 nitrogen and oxygen atoms in total. The molecular formula is C6H12N2O4. The summed E-state index contributed by atoms with van der Waals surface area (Å²) in [6, 6.07) is -1.46. The maximum absolute atomic E-state index is 10.8. The molecule has 0 spiro atoms. The molecule has 0 aliphatic heterocycles. The van der Waals surface area contributed by atoms with Crippen molar-refractivity contribution >= 4 is 12.0 Å². The normalized spacial score (nSPS) is 11.8. The Kier molecular flexibility index (Phi) is 4.78. The summed E-state index contributed by atoms with van der Waals surface area (Å²) < 4.78 is 4.54. The first kappa shape index (κ1) is 10.7. The fourth-order valence-electron chi connectivity index (χ4n) is 0.447. The molecule has 1 atom stereocenters. The van der Waals surface area contributed by atoms with Crippen molar-refractivity contribution in [2.24, 2.45) is 0 Å². The van der Waals surface area contributed by atoms with Crippen molar-refractivity contribution < 1.29 is 19.4 Å². The average molecular weight is 176 g/mol. The van der Waals surface area contributed by atoms with E-state index in [4.69, 9.17) is 5.11 Å². The van der Waals surface area contributed by atoms with Crippen LogP contribution in [-0.2, 0) is 9.53 Å². The Hall–Kier alpha value is -1.30. The van der Waals surface area contributed by atoms with Gasteiger partial charge in [0.15, 0.2) is 0 Å². The minimum absolute atomic E-state index is 0.0537. The third-order valence-electron chi connectivity index (χ3n) is 1.10. The van der Waals surface area contributed by atoms with Gasteiger partial charge < -0.3 is 20.5 Å². The van der Waals surface area contributed by atoms with E-state index in [-0.39, 0.29) is 6.73 Å². The second-order valence-electron chi connectivity index (χ2n) is 2.14. The Morgan fingerprint density at radius 1 is 1.58 bits per heavy atom. The van der Waals surface area contributed by atoms with Gasteiger partial charge in [-0.2, -0.15) is 0 Å². The molecule has 0 aliphatic rings. The summed E-state index contributed by atoms with van der Waals surface area (Å²) >= 11 is 0. The van der Waals surface area contributed by atoms with E-state index in [0.29, 0.717) is 0 Å². The van der Waals surface area contributed by atoms with Crippen LogP contribution in [0.5, 0.6) is 0 Å². The van der Waals surface area contributed by atoms with Crippen molar-refractivity contribution in [1.82, 2.24) is 10.6 Å². The lowest BCUT2D eigenvalue weighted by Gasteiger charge is -2.09. The molecule has 1 unspecified atom stereocenters. The monoisotopic (exact) mass is 176 g/mol. The standard InChI is InChI=1S/C6H12N2O4/c1-4(5(9)10)8-6(11)7-3-12-2/h4H,3H2,1-2H3,(H,9,10)(H2,7,8,11). The topological polar surface area (TPSA) is 87.7 Å². The number of rotatable bonds is 4. The van der Waals surface area contributed by atoms with Crippen LogP contribution < -0.4 is 10.6 Å². The van der Waals surface area contributed by atoms with Crippen LogP contribution in [0.2, 0.25) is 0 Å². The molecular weight excluding hydrogens is 164 g/mol. The van der Waals surface area contributed by atoms with E-state index in [1.54, 1.807) is 0 Å². The van der Waals surface area contributed by atoms with Crippen LogP contribution in [0.15, 0.2) is 0 Å². The molecule has 0 saturated carbocycles. The van der Waals surface area contributed by atoms with Gasteiger partial charge in [0.1, 0.15) is 12.8 Å². The first-order chi connectivity index (χ1) is 5.57. The lowest BCUT2D eigenvalue weighted by Crippen LogP contribution is -2.44. The van der Waals surface area contributed by atoms with Gasteiger partial charge in [0.05, 0.1) is 0 Å². The van der Waals surface area contributed by atoms with E-state index in [1.807, 2.05) is 0 Å². The summed E-state index contributed by atoms with van der Waals surface area (Å²) in [6.45, 7) is 1.42. The SMILES string of the molecule is COCNC(=O)NC(C)C(=O)O. The molecule has 0 radical (unpaired) electrons. The van der Waals surface area contributed by atoms with E-state index in [2.05, 4.69) is 15.4 Å². The van der Waals surface area contributed by atoms with Gasteiger partial charge in [0, 0.05) is 7.11 Å².